The number of amides is 1. The molecule has 2 aromatic carbocycles. The number of rotatable bonds is 3. The first-order valence-electron chi connectivity index (χ1n) is 8.67. The molecule has 1 saturated heterocycles. The summed E-state index contributed by atoms with van der Waals surface area (Å²) in [7, 11) is 0. The second kappa shape index (κ2) is 5.37. The van der Waals surface area contributed by atoms with Gasteiger partial charge in [-0.3, -0.25) is 4.90 Å². The van der Waals surface area contributed by atoms with Crippen molar-refractivity contribution >= 4 is 6.09 Å². The first kappa shape index (κ1) is 15.3. The van der Waals surface area contributed by atoms with Crippen LogP contribution in [0.4, 0.5) is 4.79 Å². The van der Waals surface area contributed by atoms with Crippen LogP contribution in [0.3, 0.4) is 0 Å². The predicted octanol–water partition coefficient (Wildman–Crippen LogP) is 4.30. The van der Waals surface area contributed by atoms with Crippen LogP contribution in [0.5, 0.6) is 0 Å². The second-order valence-electron chi connectivity index (χ2n) is 7.22. The number of carbonyl (C=O) groups excluding carboxylic acids is 1. The highest BCUT2D eigenvalue weighted by Crippen LogP contribution is 2.52. The van der Waals surface area contributed by atoms with Crippen LogP contribution < -0.4 is 0 Å². The minimum Gasteiger partial charge on any atom is -0.440 e. The molecule has 1 heterocycles. The summed E-state index contributed by atoms with van der Waals surface area (Å²) in [6.45, 7) is 4.92. The zero-order valence-electron chi connectivity index (χ0n) is 14.3. The first-order chi connectivity index (χ1) is 11.5. The van der Waals surface area contributed by atoms with Gasteiger partial charge >= 0.3 is 6.09 Å². The molecular formula is C21H23NO2. The van der Waals surface area contributed by atoms with Crippen molar-refractivity contribution in [1.82, 2.24) is 4.90 Å². The van der Waals surface area contributed by atoms with Crippen LogP contribution in [0.1, 0.15) is 37.0 Å². The lowest BCUT2D eigenvalue weighted by atomic mass is 9.67. The van der Waals surface area contributed by atoms with Crippen molar-refractivity contribution in [2.75, 3.05) is 6.54 Å². The number of hydrogen-bond donors (Lipinski definition) is 0. The van der Waals surface area contributed by atoms with Crippen LogP contribution in [0, 0.1) is 0 Å². The Kier molecular flexibility index (Phi) is 3.41. The summed E-state index contributed by atoms with van der Waals surface area (Å²) in [5, 5.41) is 0. The number of ether oxygens (including phenoxy) is 1. The third-order valence-corrected chi connectivity index (χ3v) is 5.98. The fraction of sp³-hybridized carbons (Fsp3) is 0.381. The summed E-state index contributed by atoms with van der Waals surface area (Å²) in [5.74, 6) is 0. The molecule has 0 bridgehead atoms. The van der Waals surface area contributed by atoms with Crippen molar-refractivity contribution in [3.63, 3.8) is 0 Å². The molecule has 3 heteroatoms. The van der Waals surface area contributed by atoms with E-state index in [4.69, 9.17) is 4.74 Å². The molecule has 0 spiro atoms. The zero-order valence-corrected chi connectivity index (χ0v) is 14.3. The Morgan fingerprint density at radius 2 is 1.75 bits per heavy atom. The van der Waals surface area contributed by atoms with Crippen LogP contribution >= 0.6 is 0 Å². The van der Waals surface area contributed by atoms with E-state index in [0.717, 1.165) is 19.3 Å². The Balaban J connectivity index is 1.71. The average molecular weight is 321 g/mol. The van der Waals surface area contributed by atoms with Gasteiger partial charge in [0.1, 0.15) is 11.1 Å². The van der Waals surface area contributed by atoms with Crippen molar-refractivity contribution in [3.8, 4) is 0 Å². The van der Waals surface area contributed by atoms with Gasteiger partial charge in [-0.2, -0.15) is 0 Å². The lowest BCUT2D eigenvalue weighted by Gasteiger charge is -2.46. The first-order valence-corrected chi connectivity index (χ1v) is 8.67. The van der Waals surface area contributed by atoms with Gasteiger partial charge in [0.25, 0.3) is 0 Å². The summed E-state index contributed by atoms with van der Waals surface area (Å²) >= 11 is 0. The number of aryl methyl sites for hydroxylation is 1. The van der Waals surface area contributed by atoms with Crippen LogP contribution in [0.2, 0.25) is 0 Å². The number of nitrogens with zero attached hydrogens (tertiary/aromatic N) is 1. The molecule has 2 aliphatic rings. The molecule has 1 aliphatic heterocycles. The van der Waals surface area contributed by atoms with Gasteiger partial charge in [0, 0.05) is 6.54 Å². The Morgan fingerprint density at radius 3 is 2.54 bits per heavy atom. The van der Waals surface area contributed by atoms with E-state index in [1.807, 2.05) is 23.1 Å². The SMILES string of the molecule is C[C@@]12CCc3ccccc3[C@@]1(C)N(CCc1ccccc1)C(=O)O2. The van der Waals surface area contributed by atoms with E-state index in [9.17, 15) is 4.79 Å². The quantitative estimate of drug-likeness (QED) is 0.843. The highest BCUT2D eigenvalue weighted by molar-refractivity contribution is 5.74. The number of hydrogen-bond acceptors (Lipinski definition) is 2. The maximum absolute atomic E-state index is 12.7. The Morgan fingerprint density at radius 1 is 1.04 bits per heavy atom. The molecule has 1 fully saturated rings. The van der Waals surface area contributed by atoms with E-state index in [1.54, 1.807) is 0 Å². The summed E-state index contributed by atoms with van der Waals surface area (Å²) in [6.07, 6.45) is 2.48. The van der Waals surface area contributed by atoms with Crippen molar-refractivity contribution < 1.29 is 9.53 Å². The van der Waals surface area contributed by atoms with Crippen molar-refractivity contribution in [1.29, 1.82) is 0 Å². The third-order valence-electron chi connectivity index (χ3n) is 5.98. The van der Waals surface area contributed by atoms with E-state index in [0.29, 0.717) is 6.54 Å². The summed E-state index contributed by atoms with van der Waals surface area (Å²) in [4.78, 5) is 14.6. The van der Waals surface area contributed by atoms with Crippen molar-refractivity contribution in [2.24, 2.45) is 0 Å². The second-order valence-corrected chi connectivity index (χ2v) is 7.22. The lowest BCUT2D eigenvalue weighted by Crippen LogP contribution is -2.55. The largest absolute Gasteiger partial charge is 0.440 e. The van der Waals surface area contributed by atoms with Crippen LogP contribution in [0.25, 0.3) is 0 Å². The molecule has 0 N–H and O–H groups in total. The van der Waals surface area contributed by atoms with Gasteiger partial charge < -0.3 is 4.74 Å². The monoisotopic (exact) mass is 321 g/mol. The minimum atomic E-state index is -0.463. The van der Waals surface area contributed by atoms with Crippen LogP contribution in [-0.4, -0.2) is 23.1 Å². The Hall–Kier alpha value is -2.29. The zero-order chi connectivity index (χ0) is 16.8. The molecule has 0 radical (unpaired) electrons. The molecular weight excluding hydrogens is 298 g/mol. The standard InChI is InChI=1S/C21H23NO2/c1-20-14-12-17-10-6-7-11-18(17)21(20,2)22(19(23)24-20)15-13-16-8-4-3-5-9-16/h3-11H,12-15H2,1-2H3/t20-,21-/m1/s1. The minimum absolute atomic E-state index is 0.187. The molecule has 2 atom stereocenters. The molecule has 1 aliphatic carbocycles. The van der Waals surface area contributed by atoms with Crippen LogP contribution in [-0.2, 0) is 23.1 Å². The van der Waals surface area contributed by atoms with E-state index in [2.05, 4.69) is 50.2 Å². The smallest absolute Gasteiger partial charge is 0.411 e. The van der Waals surface area contributed by atoms with Gasteiger partial charge in [0.2, 0.25) is 0 Å². The summed E-state index contributed by atoms with van der Waals surface area (Å²) < 4.78 is 5.90. The highest BCUT2D eigenvalue weighted by Gasteiger charge is 2.62. The average Bonchev–Trinajstić information content (AvgIpc) is 2.80. The van der Waals surface area contributed by atoms with Gasteiger partial charge in [-0.25, -0.2) is 4.79 Å². The predicted molar refractivity (Wildman–Crippen MR) is 93.9 cm³/mol. The van der Waals surface area contributed by atoms with Gasteiger partial charge in [-0.15, -0.1) is 0 Å². The third kappa shape index (κ3) is 2.07. The Labute approximate surface area is 143 Å². The van der Waals surface area contributed by atoms with E-state index < -0.39 is 11.1 Å². The maximum atomic E-state index is 12.7. The van der Waals surface area contributed by atoms with E-state index in [-0.39, 0.29) is 6.09 Å². The van der Waals surface area contributed by atoms with Crippen molar-refractivity contribution in [2.45, 2.75) is 44.2 Å². The highest BCUT2D eigenvalue weighted by atomic mass is 16.6. The molecule has 24 heavy (non-hydrogen) atoms. The molecule has 4 rings (SSSR count). The molecule has 0 aromatic heterocycles. The fourth-order valence-electron chi connectivity index (χ4n) is 4.33. The summed E-state index contributed by atoms with van der Waals surface area (Å²) in [5.41, 5.74) is 2.94. The maximum Gasteiger partial charge on any atom is 0.411 e. The van der Waals surface area contributed by atoms with Gasteiger partial charge in [-0.05, 0) is 49.8 Å². The molecule has 0 saturated carbocycles. The van der Waals surface area contributed by atoms with Gasteiger partial charge in [-0.1, -0.05) is 54.6 Å². The van der Waals surface area contributed by atoms with Crippen LogP contribution in [0.15, 0.2) is 54.6 Å². The van der Waals surface area contributed by atoms with Crippen molar-refractivity contribution in [3.05, 3.63) is 71.3 Å². The molecule has 3 nitrogen and oxygen atoms in total. The summed E-state index contributed by atoms with van der Waals surface area (Å²) in [6, 6.07) is 18.8. The molecule has 124 valence electrons. The van der Waals surface area contributed by atoms with E-state index >= 15 is 0 Å². The molecule has 0 unspecified atom stereocenters. The topological polar surface area (TPSA) is 29.5 Å². The van der Waals surface area contributed by atoms with E-state index in [1.165, 1.54) is 16.7 Å². The lowest BCUT2D eigenvalue weighted by molar-refractivity contribution is -0.00949. The van der Waals surface area contributed by atoms with Gasteiger partial charge in [0.15, 0.2) is 0 Å². The number of fused-ring (bicyclic) bond motifs is 3. The number of carbonyl (C=O) groups is 1. The molecule has 2 aromatic rings. The molecule has 1 amide bonds. The Bertz CT molecular complexity index is 772. The number of benzene rings is 2. The normalized spacial score (nSPS) is 28.2. The fourth-order valence-corrected chi connectivity index (χ4v) is 4.33. The van der Waals surface area contributed by atoms with Gasteiger partial charge in [0.05, 0.1) is 0 Å².